The van der Waals surface area contributed by atoms with E-state index in [0.29, 0.717) is 12.2 Å². The normalized spacial score (nSPS) is 10.6. The number of carbonyl (C=O) groups excluding carboxylic acids is 1. The summed E-state index contributed by atoms with van der Waals surface area (Å²) >= 11 is 0. The average molecular weight is 338 g/mol. The van der Waals surface area contributed by atoms with Crippen molar-refractivity contribution in [2.75, 3.05) is 0 Å². The predicted octanol–water partition coefficient (Wildman–Crippen LogP) is 2.96. The molecule has 1 aromatic carbocycles. The van der Waals surface area contributed by atoms with Gasteiger partial charge in [0.25, 0.3) is 0 Å². The van der Waals surface area contributed by atoms with Gasteiger partial charge < -0.3 is 9.88 Å². The highest BCUT2D eigenvalue weighted by Crippen LogP contribution is 2.17. The van der Waals surface area contributed by atoms with E-state index in [9.17, 15) is 9.18 Å². The third-order valence-corrected chi connectivity index (χ3v) is 3.83. The smallest absolute Gasteiger partial charge is 0.240 e. The fraction of sp³-hybridized carbons (Fsp3) is 0.211. The molecule has 1 amide bonds. The van der Waals surface area contributed by atoms with Gasteiger partial charge in [0.05, 0.1) is 12.0 Å². The molecule has 3 rings (SSSR count). The molecular weight excluding hydrogens is 319 g/mol. The minimum atomic E-state index is -0.287. The fourth-order valence-corrected chi connectivity index (χ4v) is 2.47. The Kier molecular flexibility index (Phi) is 5.18. The van der Waals surface area contributed by atoms with Crippen LogP contribution < -0.4 is 5.32 Å². The van der Waals surface area contributed by atoms with Crippen molar-refractivity contribution in [3.63, 3.8) is 0 Å². The van der Waals surface area contributed by atoms with Crippen LogP contribution in [0.4, 0.5) is 4.39 Å². The monoisotopic (exact) mass is 338 g/mol. The van der Waals surface area contributed by atoms with Crippen molar-refractivity contribution in [2.24, 2.45) is 0 Å². The summed E-state index contributed by atoms with van der Waals surface area (Å²) in [5.74, 6) is -0.386. The van der Waals surface area contributed by atoms with Crippen molar-refractivity contribution in [3.05, 3.63) is 72.2 Å². The average Bonchev–Trinajstić information content (AvgIpc) is 3.09. The van der Waals surface area contributed by atoms with Crippen molar-refractivity contribution >= 4 is 5.91 Å². The zero-order valence-corrected chi connectivity index (χ0v) is 13.9. The topological polar surface area (TPSA) is 59.8 Å². The van der Waals surface area contributed by atoms with Gasteiger partial charge in [0.15, 0.2) is 0 Å². The van der Waals surface area contributed by atoms with Crippen molar-refractivity contribution in [3.8, 4) is 11.3 Å². The van der Waals surface area contributed by atoms with Crippen LogP contribution in [0.3, 0.4) is 0 Å². The van der Waals surface area contributed by atoms with Crippen LogP contribution in [0, 0.1) is 5.82 Å². The molecule has 0 fully saturated rings. The number of aromatic nitrogens is 3. The van der Waals surface area contributed by atoms with E-state index in [2.05, 4.69) is 15.3 Å². The van der Waals surface area contributed by atoms with Gasteiger partial charge in [0, 0.05) is 30.2 Å². The molecule has 6 heteroatoms. The summed E-state index contributed by atoms with van der Waals surface area (Å²) in [5, 5.41) is 2.89. The Balaban J connectivity index is 1.57. The van der Waals surface area contributed by atoms with Crippen LogP contribution in [0.25, 0.3) is 11.3 Å². The van der Waals surface area contributed by atoms with Crippen molar-refractivity contribution in [1.82, 2.24) is 19.9 Å². The molecular formula is C19H19FN4O. The predicted molar refractivity (Wildman–Crippen MR) is 93.1 cm³/mol. The molecule has 2 heterocycles. The maximum atomic E-state index is 13.0. The molecule has 0 bridgehead atoms. The molecule has 3 aromatic rings. The zero-order valence-electron chi connectivity index (χ0n) is 13.9. The number of amides is 1. The van der Waals surface area contributed by atoms with Gasteiger partial charge in [-0.3, -0.25) is 9.78 Å². The third-order valence-electron chi connectivity index (χ3n) is 3.83. The maximum absolute atomic E-state index is 13.0. The largest absolute Gasteiger partial charge is 0.350 e. The Labute approximate surface area is 145 Å². The number of rotatable bonds is 6. The molecule has 2 aromatic heterocycles. The number of hydrogen-bond acceptors (Lipinski definition) is 3. The van der Waals surface area contributed by atoms with Crippen LogP contribution in [0.15, 0.2) is 55.1 Å². The Morgan fingerprint density at radius 2 is 2.00 bits per heavy atom. The van der Waals surface area contributed by atoms with E-state index in [4.69, 9.17) is 0 Å². The van der Waals surface area contributed by atoms with E-state index in [1.807, 2.05) is 19.1 Å². The van der Waals surface area contributed by atoms with Crippen LogP contribution in [0.1, 0.15) is 18.2 Å². The SMILES string of the molecule is CCc1cc(CNC(=O)Cn2cnc(-c3ccc(F)cc3)c2)ccn1. The number of nitrogens with one attached hydrogen (secondary N) is 1. The lowest BCUT2D eigenvalue weighted by molar-refractivity contribution is -0.121. The molecule has 0 saturated carbocycles. The highest BCUT2D eigenvalue weighted by molar-refractivity contribution is 5.75. The molecule has 0 saturated heterocycles. The number of nitrogens with zero attached hydrogens (tertiary/aromatic N) is 3. The second-order valence-corrected chi connectivity index (χ2v) is 5.72. The van der Waals surface area contributed by atoms with Crippen molar-refractivity contribution in [2.45, 2.75) is 26.4 Å². The third kappa shape index (κ3) is 4.50. The molecule has 0 atom stereocenters. The summed E-state index contributed by atoms with van der Waals surface area (Å²) in [7, 11) is 0. The standard InChI is InChI=1S/C19H19FN4O/c1-2-17-9-14(7-8-21-17)10-22-19(25)12-24-11-18(23-13-24)15-3-5-16(20)6-4-15/h3-9,11,13H,2,10,12H2,1H3,(H,22,25). The Morgan fingerprint density at radius 1 is 1.20 bits per heavy atom. The Morgan fingerprint density at radius 3 is 2.76 bits per heavy atom. The summed E-state index contributed by atoms with van der Waals surface area (Å²) in [6.07, 6.45) is 5.99. The Hall–Kier alpha value is -3.02. The molecule has 0 spiro atoms. The lowest BCUT2D eigenvalue weighted by Crippen LogP contribution is -2.26. The molecule has 0 radical (unpaired) electrons. The number of aryl methyl sites for hydroxylation is 1. The fourth-order valence-electron chi connectivity index (χ4n) is 2.47. The molecule has 1 N–H and O–H groups in total. The van der Waals surface area contributed by atoms with E-state index < -0.39 is 0 Å². The van der Waals surface area contributed by atoms with E-state index in [0.717, 1.165) is 23.2 Å². The van der Waals surface area contributed by atoms with Gasteiger partial charge in [0.1, 0.15) is 12.4 Å². The molecule has 0 aliphatic carbocycles. The number of carbonyl (C=O) groups is 1. The summed E-state index contributed by atoms with van der Waals surface area (Å²) in [6.45, 7) is 2.69. The minimum absolute atomic E-state index is 0.0992. The highest BCUT2D eigenvalue weighted by Gasteiger charge is 2.07. The summed E-state index contributed by atoms with van der Waals surface area (Å²) in [4.78, 5) is 20.6. The van der Waals surface area contributed by atoms with Crippen LogP contribution in [0.5, 0.6) is 0 Å². The lowest BCUT2D eigenvalue weighted by atomic mass is 10.2. The zero-order chi connectivity index (χ0) is 17.6. The van der Waals surface area contributed by atoms with E-state index in [1.54, 1.807) is 35.4 Å². The molecule has 128 valence electrons. The summed E-state index contributed by atoms with van der Waals surface area (Å²) < 4.78 is 14.7. The van der Waals surface area contributed by atoms with Gasteiger partial charge in [-0.05, 0) is 48.4 Å². The van der Waals surface area contributed by atoms with Crippen LogP contribution >= 0.6 is 0 Å². The quantitative estimate of drug-likeness (QED) is 0.752. The molecule has 0 unspecified atom stereocenters. The van der Waals surface area contributed by atoms with Crippen LogP contribution in [0.2, 0.25) is 0 Å². The number of halogens is 1. The van der Waals surface area contributed by atoms with Crippen LogP contribution in [-0.4, -0.2) is 20.4 Å². The van der Waals surface area contributed by atoms with Gasteiger partial charge >= 0.3 is 0 Å². The second-order valence-electron chi connectivity index (χ2n) is 5.72. The molecule has 5 nitrogen and oxygen atoms in total. The first kappa shape index (κ1) is 16.8. The summed E-state index contributed by atoms with van der Waals surface area (Å²) in [5.41, 5.74) is 3.54. The van der Waals surface area contributed by atoms with Crippen molar-refractivity contribution in [1.29, 1.82) is 0 Å². The van der Waals surface area contributed by atoms with Gasteiger partial charge in [-0.1, -0.05) is 6.92 Å². The first-order valence-corrected chi connectivity index (χ1v) is 8.12. The maximum Gasteiger partial charge on any atom is 0.240 e. The summed E-state index contributed by atoms with van der Waals surface area (Å²) in [6, 6.07) is 9.99. The van der Waals surface area contributed by atoms with E-state index in [-0.39, 0.29) is 18.3 Å². The minimum Gasteiger partial charge on any atom is -0.350 e. The first-order chi connectivity index (χ1) is 12.1. The van der Waals surface area contributed by atoms with Gasteiger partial charge in [-0.2, -0.15) is 0 Å². The Bertz CT molecular complexity index is 858. The molecule has 0 aliphatic heterocycles. The van der Waals surface area contributed by atoms with Gasteiger partial charge in [-0.15, -0.1) is 0 Å². The lowest BCUT2D eigenvalue weighted by Gasteiger charge is -2.07. The van der Waals surface area contributed by atoms with E-state index >= 15 is 0 Å². The second kappa shape index (κ2) is 7.70. The van der Waals surface area contributed by atoms with E-state index in [1.165, 1.54) is 12.1 Å². The number of benzene rings is 1. The number of imidazole rings is 1. The number of hydrogen-bond donors (Lipinski definition) is 1. The van der Waals surface area contributed by atoms with Gasteiger partial charge in [-0.25, -0.2) is 9.37 Å². The first-order valence-electron chi connectivity index (χ1n) is 8.12. The highest BCUT2D eigenvalue weighted by atomic mass is 19.1. The molecule has 25 heavy (non-hydrogen) atoms. The van der Waals surface area contributed by atoms with Gasteiger partial charge in [0.2, 0.25) is 5.91 Å². The molecule has 0 aliphatic rings. The van der Waals surface area contributed by atoms with Crippen LogP contribution in [-0.2, 0) is 24.3 Å². The number of pyridine rings is 1. The van der Waals surface area contributed by atoms with Crippen molar-refractivity contribution < 1.29 is 9.18 Å².